The Labute approximate surface area is 170 Å². The van der Waals surface area contributed by atoms with E-state index in [4.69, 9.17) is 16.3 Å². The fourth-order valence-corrected chi connectivity index (χ4v) is 4.30. The van der Waals surface area contributed by atoms with E-state index in [9.17, 15) is 14.4 Å². The average Bonchev–Trinajstić information content (AvgIpc) is 3.06. The van der Waals surface area contributed by atoms with Crippen molar-refractivity contribution in [2.24, 2.45) is 5.10 Å². The summed E-state index contributed by atoms with van der Waals surface area (Å²) in [6.07, 6.45) is 4.99. The summed E-state index contributed by atoms with van der Waals surface area (Å²) < 4.78 is 4.85. The Bertz CT molecular complexity index is 937. The van der Waals surface area contributed by atoms with E-state index in [0.717, 1.165) is 36.1 Å². The Balaban J connectivity index is 1.68. The minimum absolute atomic E-state index is 0.334. The van der Waals surface area contributed by atoms with E-state index in [2.05, 4.69) is 15.8 Å². The predicted octanol–water partition coefficient (Wildman–Crippen LogP) is 3.16. The molecule has 0 spiro atoms. The first-order chi connectivity index (χ1) is 13.5. The molecule has 2 amide bonds. The lowest BCUT2D eigenvalue weighted by Crippen LogP contribution is -2.32. The monoisotopic (exact) mass is 419 g/mol. The second-order valence-electron chi connectivity index (χ2n) is 6.11. The van der Waals surface area contributed by atoms with Gasteiger partial charge in [-0.2, -0.15) is 5.10 Å². The third-order valence-electron chi connectivity index (χ3n) is 4.24. The second-order valence-corrected chi connectivity index (χ2v) is 7.65. The molecule has 7 nitrogen and oxygen atoms in total. The molecule has 1 aromatic carbocycles. The smallest absolute Gasteiger partial charge is 0.341 e. The number of thiophene rings is 1. The Morgan fingerprint density at radius 2 is 1.86 bits per heavy atom. The van der Waals surface area contributed by atoms with E-state index in [1.807, 2.05) is 0 Å². The van der Waals surface area contributed by atoms with Crippen molar-refractivity contribution in [2.45, 2.75) is 25.7 Å². The lowest BCUT2D eigenvalue weighted by atomic mass is 9.95. The van der Waals surface area contributed by atoms with Crippen molar-refractivity contribution in [3.05, 3.63) is 50.9 Å². The summed E-state index contributed by atoms with van der Waals surface area (Å²) in [5, 5.41) is 7.19. The van der Waals surface area contributed by atoms with Crippen molar-refractivity contribution in [3.63, 3.8) is 0 Å². The van der Waals surface area contributed by atoms with Crippen molar-refractivity contribution in [3.8, 4) is 0 Å². The first-order valence-electron chi connectivity index (χ1n) is 8.62. The Morgan fingerprint density at radius 3 is 2.57 bits per heavy atom. The molecule has 0 aliphatic heterocycles. The maximum absolute atomic E-state index is 12.2. The third kappa shape index (κ3) is 4.58. The zero-order chi connectivity index (χ0) is 20.1. The van der Waals surface area contributed by atoms with Crippen LogP contribution >= 0.6 is 22.9 Å². The van der Waals surface area contributed by atoms with Crippen molar-refractivity contribution in [1.82, 2.24) is 5.43 Å². The predicted molar refractivity (Wildman–Crippen MR) is 108 cm³/mol. The van der Waals surface area contributed by atoms with Crippen molar-refractivity contribution in [2.75, 3.05) is 12.4 Å². The minimum Gasteiger partial charge on any atom is -0.465 e. The molecule has 0 unspecified atom stereocenters. The number of hydrazone groups is 1. The largest absolute Gasteiger partial charge is 0.465 e. The summed E-state index contributed by atoms with van der Waals surface area (Å²) in [7, 11) is 1.29. The van der Waals surface area contributed by atoms with Crippen LogP contribution in [-0.4, -0.2) is 31.1 Å². The molecule has 0 saturated heterocycles. The van der Waals surface area contributed by atoms with E-state index in [1.165, 1.54) is 24.7 Å². The maximum atomic E-state index is 12.2. The van der Waals surface area contributed by atoms with Crippen LogP contribution in [0, 0.1) is 0 Å². The number of benzene rings is 1. The average molecular weight is 420 g/mol. The fourth-order valence-electron chi connectivity index (χ4n) is 2.90. The molecule has 1 aliphatic carbocycles. The number of rotatable bonds is 4. The Hall–Kier alpha value is -2.71. The first kappa shape index (κ1) is 20.0. The van der Waals surface area contributed by atoms with Gasteiger partial charge in [-0.3, -0.25) is 9.59 Å². The summed E-state index contributed by atoms with van der Waals surface area (Å²) in [6.45, 7) is 0. The molecule has 0 bridgehead atoms. The number of nitrogens with one attached hydrogen (secondary N) is 2. The number of carbonyl (C=O) groups is 3. The molecule has 2 N–H and O–H groups in total. The van der Waals surface area contributed by atoms with Crippen LogP contribution in [0.2, 0.25) is 5.02 Å². The molecule has 9 heteroatoms. The first-order valence-corrected chi connectivity index (χ1v) is 9.82. The normalized spacial score (nSPS) is 13.1. The Kier molecular flexibility index (Phi) is 6.43. The molecule has 0 saturated carbocycles. The van der Waals surface area contributed by atoms with Crippen LogP contribution in [0.15, 0.2) is 29.4 Å². The highest BCUT2D eigenvalue weighted by molar-refractivity contribution is 7.17. The van der Waals surface area contributed by atoms with Gasteiger partial charge in [-0.25, -0.2) is 10.2 Å². The highest BCUT2D eigenvalue weighted by atomic mass is 35.5. The molecule has 1 aliphatic rings. The van der Waals surface area contributed by atoms with E-state index in [1.54, 1.807) is 24.3 Å². The molecular formula is C19H18ClN3O4S. The molecule has 0 radical (unpaired) electrons. The van der Waals surface area contributed by atoms with E-state index in [-0.39, 0.29) is 0 Å². The molecular weight excluding hydrogens is 402 g/mol. The SMILES string of the molecule is COC(=O)c1c(NC(=O)C(=O)N/N=C/c2ccc(Cl)cc2)sc2c1CCCC2. The topological polar surface area (TPSA) is 96.9 Å². The molecule has 3 rings (SSSR count). The fraction of sp³-hybridized carbons (Fsp3) is 0.263. The number of halogens is 1. The highest BCUT2D eigenvalue weighted by Crippen LogP contribution is 2.38. The summed E-state index contributed by atoms with van der Waals surface area (Å²) in [6, 6.07) is 6.81. The number of hydrogen-bond donors (Lipinski definition) is 2. The molecule has 2 aromatic rings. The molecule has 0 fully saturated rings. The molecule has 1 heterocycles. The maximum Gasteiger partial charge on any atom is 0.341 e. The van der Waals surface area contributed by atoms with Crippen LogP contribution in [0.3, 0.4) is 0 Å². The number of carbonyl (C=O) groups excluding carboxylic acids is 3. The summed E-state index contributed by atoms with van der Waals surface area (Å²) in [4.78, 5) is 37.4. The van der Waals surface area contributed by atoms with Gasteiger partial charge in [-0.05, 0) is 48.9 Å². The number of anilines is 1. The van der Waals surface area contributed by atoms with Gasteiger partial charge >= 0.3 is 17.8 Å². The van der Waals surface area contributed by atoms with E-state index < -0.39 is 17.8 Å². The van der Waals surface area contributed by atoms with Crippen molar-refractivity contribution < 1.29 is 19.1 Å². The summed E-state index contributed by atoms with van der Waals surface area (Å²) in [5.41, 5.74) is 4.12. The standard InChI is InChI=1S/C19H18ClN3O4S/c1-27-19(26)15-13-4-2-3-5-14(13)28-18(15)22-16(24)17(25)23-21-10-11-6-8-12(20)9-7-11/h6-10H,2-5H2,1H3,(H,22,24)(H,23,25)/b21-10+. The van der Waals surface area contributed by atoms with Crippen LogP contribution in [0.4, 0.5) is 5.00 Å². The number of fused-ring (bicyclic) bond motifs is 1. The van der Waals surface area contributed by atoms with Gasteiger partial charge < -0.3 is 10.1 Å². The van der Waals surface area contributed by atoms with Crippen LogP contribution in [-0.2, 0) is 27.2 Å². The Morgan fingerprint density at radius 1 is 1.14 bits per heavy atom. The number of hydrogen-bond acceptors (Lipinski definition) is 6. The zero-order valence-corrected chi connectivity index (χ0v) is 16.7. The van der Waals surface area contributed by atoms with Gasteiger partial charge in [0, 0.05) is 9.90 Å². The zero-order valence-electron chi connectivity index (χ0n) is 15.1. The van der Waals surface area contributed by atoms with Crippen molar-refractivity contribution >= 4 is 51.9 Å². The quantitative estimate of drug-likeness (QED) is 0.344. The van der Waals surface area contributed by atoms with Crippen LogP contribution in [0.5, 0.6) is 0 Å². The van der Waals surface area contributed by atoms with Gasteiger partial charge in [0.1, 0.15) is 5.00 Å². The van der Waals surface area contributed by atoms with E-state index >= 15 is 0 Å². The molecule has 146 valence electrons. The lowest BCUT2D eigenvalue weighted by Gasteiger charge is -2.11. The number of aryl methyl sites for hydroxylation is 1. The molecule has 28 heavy (non-hydrogen) atoms. The number of esters is 1. The summed E-state index contributed by atoms with van der Waals surface area (Å²) >= 11 is 7.11. The second kappa shape index (κ2) is 8.99. The van der Waals surface area contributed by atoms with Crippen molar-refractivity contribution in [1.29, 1.82) is 0 Å². The van der Waals surface area contributed by atoms with Crippen LogP contribution in [0.25, 0.3) is 0 Å². The summed E-state index contributed by atoms with van der Waals surface area (Å²) in [5.74, 6) is -2.36. The number of nitrogens with zero attached hydrogens (tertiary/aromatic N) is 1. The van der Waals surface area contributed by atoms with Crippen LogP contribution in [0.1, 0.15) is 39.2 Å². The number of methoxy groups -OCH3 is 1. The van der Waals surface area contributed by atoms with Gasteiger partial charge in [-0.15, -0.1) is 11.3 Å². The third-order valence-corrected chi connectivity index (χ3v) is 5.70. The highest BCUT2D eigenvalue weighted by Gasteiger charge is 2.28. The van der Waals surface area contributed by atoms with Gasteiger partial charge in [0.05, 0.1) is 18.9 Å². The van der Waals surface area contributed by atoms with Gasteiger partial charge in [0.15, 0.2) is 0 Å². The van der Waals surface area contributed by atoms with Gasteiger partial charge in [0.2, 0.25) is 0 Å². The van der Waals surface area contributed by atoms with Gasteiger partial charge in [0.25, 0.3) is 0 Å². The minimum atomic E-state index is -0.938. The number of ether oxygens (including phenoxy) is 1. The van der Waals surface area contributed by atoms with Gasteiger partial charge in [-0.1, -0.05) is 23.7 Å². The van der Waals surface area contributed by atoms with E-state index in [0.29, 0.717) is 21.2 Å². The van der Waals surface area contributed by atoms with Crippen LogP contribution < -0.4 is 10.7 Å². The molecule has 0 atom stereocenters. The number of amides is 2. The lowest BCUT2D eigenvalue weighted by molar-refractivity contribution is -0.136. The molecule has 1 aromatic heterocycles.